The lowest BCUT2D eigenvalue weighted by Crippen LogP contribution is -2.29. The third kappa shape index (κ3) is 4.22. The Kier molecular flexibility index (Phi) is 5.02. The fourth-order valence-corrected chi connectivity index (χ4v) is 1.91. The highest BCUT2D eigenvalue weighted by molar-refractivity contribution is 6.21. The van der Waals surface area contributed by atoms with Crippen LogP contribution in [0.25, 0.3) is 0 Å². The molecule has 0 saturated carbocycles. The van der Waals surface area contributed by atoms with Crippen molar-refractivity contribution in [1.82, 2.24) is 9.78 Å². The lowest BCUT2D eigenvalue weighted by Gasteiger charge is -2.10. The first-order valence-electron chi connectivity index (χ1n) is 6.70. The number of hydrogen-bond donors (Lipinski definition) is 2. The first-order valence-corrected chi connectivity index (χ1v) is 6.70. The zero-order valence-electron chi connectivity index (χ0n) is 12.2. The zero-order valence-corrected chi connectivity index (χ0v) is 12.2. The van der Waals surface area contributed by atoms with Gasteiger partial charge in [-0.1, -0.05) is 30.3 Å². The number of rotatable bonds is 5. The maximum atomic E-state index is 13.0. The zero-order chi connectivity index (χ0) is 17.7. The van der Waals surface area contributed by atoms with Crippen molar-refractivity contribution in [2.24, 2.45) is 10.7 Å². The van der Waals surface area contributed by atoms with Gasteiger partial charge in [0.05, 0.1) is 6.54 Å². The second kappa shape index (κ2) is 6.99. The molecule has 6 nitrogen and oxygen atoms in total. The Hall–Kier alpha value is -3.10. The van der Waals surface area contributed by atoms with E-state index < -0.39 is 23.4 Å². The van der Waals surface area contributed by atoms with Crippen LogP contribution in [0.2, 0.25) is 0 Å². The van der Waals surface area contributed by atoms with Crippen molar-refractivity contribution >= 4 is 17.5 Å². The van der Waals surface area contributed by atoms with Crippen molar-refractivity contribution in [2.45, 2.75) is 12.7 Å². The second-order valence-corrected chi connectivity index (χ2v) is 4.70. The summed E-state index contributed by atoms with van der Waals surface area (Å²) in [6, 6.07) is 10.4. The summed E-state index contributed by atoms with van der Waals surface area (Å²) in [5.74, 6) is -2.09. The molecule has 9 heteroatoms. The largest absolute Gasteiger partial charge is 0.478 e. The number of nitrogens with two attached hydrogens (primary N) is 1. The van der Waals surface area contributed by atoms with Gasteiger partial charge in [0.1, 0.15) is 5.57 Å². The molecular weight excluding hydrogens is 325 g/mol. The Balaban J connectivity index is 2.32. The van der Waals surface area contributed by atoms with E-state index in [9.17, 15) is 18.0 Å². The fourth-order valence-electron chi connectivity index (χ4n) is 1.91. The van der Waals surface area contributed by atoms with Crippen LogP contribution in [-0.4, -0.2) is 32.7 Å². The first kappa shape index (κ1) is 17.3. The Morgan fingerprint density at radius 3 is 2.50 bits per heavy atom. The summed E-state index contributed by atoms with van der Waals surface area (Å²) in [5.41, 5.74) is 3.14. The maximum absolute atomic E-state index is 13.0. The average Bonchev–Trinajstić information content (AvgIpc) is 2.94. The van der Waals surface area contributed by atoms with E-state index in [1.165, 1.54) is 16.9 Å². The third-order valence-electron chi connectivity index (χ3n) is 2.96. The molecule has 0 fully saturated rings. The minimum Gasteiger partial charge on any atom is -0.478 e. The number of hydrogen-bond acceptors (Lipinski definition) is 4. The monoisotopic (exact) mass is 338 g/mol. The summed E-state index contributed by atoms with van der Waals surface area (Å²) in [4.78, 5) is 14.2. The van der Waals surface area contributed by atoms with Crippen molar-refractivity contribution in [3.63, 3.8) is 0 Å². The molecule has 2 aromatic rings. The average molecular weight is 338 g/mol. The molecule has 3 N–H and O–H groups in total. The van der Waals surface area contributed by atoms with Crippen LogP contribution in [0.3, 0.4) is 0 Å². The van der Waals surface area contributed by atoms with Gasteiger partial charge in [0, 0.05) is 18.5 Å². The van der Waals surface area contributed by atoms with Crippen molar-refractivity contribution in [3.05, 3.63) is 59.9 Å². The summed E-state index contributed by atoms with van der Waals surface area (Å²) >= 11 is 0. The normalized spacial score (nSPS) is 13.1. The van der Waals surface area contributed by atoms with Crippen LogP contribution in [0, 0.1) is 0 Å². The highest BCUT2D eigenvalue weighted by Crippen LogP contribution is 2.25. The van der Waals surface area contributed by atoms with Crippen LogP contribution in [0.1, 0.15) is 5.56 Å². The van der Waals surface area contributed by atoms with Gasteiger partial charge < -0.3 is 10.8 Å². The molecule has 1 aromatic heterocycles. The topological polar surface area (TPSA) is 93.5 Å². The van der Waals surface area contributed by atoms with E-state index in [1.807, 2.05) is 30.3 Å². The van der Waals surface area contributed by atoms with Crippen LogP contribution in [0.4, 0.5) is 19.0 Å². The molecule has 0 amide bonds. The number of aromatic nitrogens is 2. The van der Waals surface area contributed by atoms with Crippen LogP contribution in [0.5, 0.6) is 0 Å². The Labute approximate surface area is 134 Å². The summed E-state index contributed by atoms with van der Waals surface area (Å²) in [5, 5.41) is 12.7. The van der Waals surface area contributed by atoms with Gasteiger partial charge in [-0.3, -0.25) is 4.68 Å². The Bertz CT molecular complexity index is 780. The molecule has 0 bridgehead atoms. The molecule has 0 saturated heterocycles. The number of nitrogens with zero attached hydrogens (tertiary/aromatic N) is 3. The van der Waals surface area contributed by atoms with Crippen molar-refractivity contribution in [2.75, 3.05) is 0 Å². The van der Waals surface area contributed by atoms with Crippen molar-refractivity contribution < 1.29 is 23.1 Å². The van der Waals surface area contributed by atoms with Gasteiger partial charge in [-0.05, 0) is 5.56 Å². The Morgan fingerprint density at radius 2 is 1.96 bits per heavy atom. The SMILES string of the molecule is N/C=C(/C(=O)O)C(=Nc1ccn(Cc2ccccc2)n1)C(F)(F)F. The molecular formula is C15H13F3N4O2. The van der Waals surface area contributed by atoms with Crippen LogP contribution in [0.15, 0.2) is 59.4 Å². The van der Waals surface area contributed by atoms with E-state index in [0.29, 0.717) is 12.7 Å². The van der Waals surface area contributed by atoms with Gasteiger partial charge in [0.25, 0.3) is 0 Å². The van der Waals surface area contributed by atoms with Crippen LogP contribution in [-0.2, 0) is 11.3 Å². The summed E-state index contributed by atoms with van der Waals surface area (Å²) < 4.78 is 40.5. The quantitative estimate of drug-likeness (QED) is 0.647. The Morgan fingerprint density at radius 1 is 1.29 bits per heavy atom. The molecule has 0 spiro atoms. The molecule has 0 aliphatic heterocycles. The number of halogens is 3. The highest BCUT2D eigenvalue weighted by atomic mass is 19.4. The molecule has 126 valence electrons. The number of alkyl halides is 3. The molecule has 1 heterocycles. The van der Waals surface area contributed by atoms with E-state index in [2.05, 4.69) is 10.1 Å². The van der Waals surface area contributed by atoms with Crippen molar-refractivity contribution in [3.8, 4) is 0 Å². The van der Waals surface area contributed by atoms with Gasteiger partial charge in [0.15, 0.2) is 11.5 Å². The predicted octanol–water partition coefficient (Wildman–Crippen LogP) is 2.49. The first-order chi connectivity index (χ1) is 11.3. The van der Waals surface area contributed by atoms with Crippen LogP contribution >= 0.6 is 0 Å². The number of carbonyl (C=O) groups is 1. The molecule has 1 aromatic carbocycles. The summed E-state index contributed by atoms with van der Waals surface area (Å²) in [6.45, 7) is 0.343. The summed E-state index contributed by atoms with van der Waals surface area (Å²) in [6.07, 6.45) is -3.17. The van der Waals surface area contributed by atoms with Crippen LogP contribution < -0.4 is 5.73 Å². The van der Waals surface area contributed by atoms with E-state index in [-0.39, 0.29) is 5.82 Å². The fraction of sp³-hybridized carbons (Fsp3) is 0.133. The molecule has 0 unspecified atom stereocenters. The van der Waals surface area contributed by atoms with E-state index in [4.69, 9.17) is 10.8 Å². The van der Waals surface area contributed by atoms with Gasteiger partial charge in [-0.25, -0.2) is 9.79 Å². The lowest BCUT2D eigenvalue weighted by atomic mass is 10.1. The summed E-state index contributed by atoms with van der Waals surface area (Å²) in [7, 11) is 0. The smallest absolute Gasteiger partial charge is 0.434 e. The molecule has 0 atom stereocenters. The number of aliphatic imine (C=N–C) groups is 1. The number of carboxylic acid groups (broad SMARTS) is 1. The van der Waals surface area contributed by atoms with E-state index >= 15 is 0 Å². The van der Waals surface area contributed by atoms with Gasteiger partial charge >= 0.3 is 12.1 Å². The molecule has 24 heavy (non-hydrogen) atoms. The highest BCUT2D eigenvalue weighted by Gasteiger charge is 2.40. The minimum absolute atomic E-state index is 0.265. The number of benzene rings is 1. The van der Waals surface area contributed by atoms with Gasteiger partial charge in [-0.2, -0.15) is 18.3 Å². The molecule has 2 rings (SSSR count). The van der Waals surface area contributed by atoms with Gasteiger partial charge in [0.2, 0.25) is 0 Å². The van der Waals surface area contributed by atoms with E-state index in [1.54, 1.807) is 0 Å². The molecule has 0 aliphatic carbocycles. The molecule has 0 radical (unpaired) electrons. The predicted molar refractivity (Wildman–Crippen MR) is 80.8 cm³/mol. The number of aliphatic carboxylic acids is 1. The maximum Gasteiger partial charge on any atom is 0.434 e. The number of carboxylic acids is 1. The van der Waals surface area contributed by atoms with Crippen molar-refractivity contribution in [1.29, 1.82) is 0 Å². The second-order valence-electron chi connectivity index (χ2n) is 4.70. The van der Waals surface area contributed by atoms with E-state index in [0.717, 1.165) is 5.56 Å². The third-order valence-corrected chi connectivity index (χ3v) is 2.96. The lowest BCUT2D eigenvalue weighted by molar-refractivity contribution is -0.132. The standard InChI is InChI=1S/C15H13F3N4O2/c16-15(17,18)13(11(8-19)14(23)24)20-12-6-7-22(21-12)9-10-4-2-1-3-5-10/h1-8H,9,19H2,(H,23,24)/b11-8+,20-13?. The molecule has 0 aliphatic rings. The van der Waals surface area contributed by atoms with Gasteiger partial charge in [-0.15, -0.1) is 0 Å². The minimum atomic E-state index is -4.98.